The summed E-state index contributed by atoms with van der Waals surface area (Å²) in [6.45, 7) is 5.94. The summed E-state index contributed by atoms with van der Waals surface area (Å²) < 4.78 is 0. The van der Waals surface area contributed by atoms with Crippen molar-refractivity contribution >= 4 is 5.78 Å². The van der Waals surface area contributed by atoms with E-state index >= 15 is 0 Å². The Bertz CT molecular complexity index is 211. The van der Waals surface area contributed by atoms with E-state index in [0.29, 0.717) is 0 Å². The van der Waals surface area contributed by atoms with Crippen molar-refractivity contribution in [3.63, 3.8) is 0 Å². The molecule has 0 aliphatic heterocycles. The van der Waals surface area contributed by atoms with E-state index in [9.17, 15) is 4.79 Å². The molecule has 0 unspecified atom stereocenters. The number of unbranched alkanes of at least 4 members (excludes halogenated alkanes) is 2. The largest absolute Gasteiger partial charge is 0.295 e. The Kier molecular flexibility index (Phi) is 8.20. The molecule has 0 fully saturated rings. The Morgan fingerprint density at radius 2 is 1.86 bits per heavy atom. The van der Waals surface area contributed by atoms with Gasteiger partial charge < -0.3 is 0 Å². The van der Waals surface area contributed by atoms with Crippen molar-refractivity contribution in [2.45, 2.75) is 52.9 Å². The van der Waals surface area contributed by atoms with Crippen LogP contribution in [0.3, 0.4) is 0 Å². The number of rotatable bonds is 7. The van der Waals surface area contributed by atoms with E-state index in [2.05, 4.69) is 19.9 Å². The summed E-state index contributed by atoms with van der Waals surface area (Å²) in [5.74, 6) is 0.127. The highest BCUT2D eigenvalue weighted by atomic mass is 16.1. The number of hydrogen-bond acceptors (Lipinski definition) is 1. The molecule has 0 spiro atoms. The highest BCUT2D eigenvalue weighted by Gasteiger charge is 1.91. The third kappa shape index (κ3) is 7.78. The Hall–Kier alpha value is -0.850. The Morgan fingerprint density at radius 3 is 2.36 bits per heavy atom. The summed E-state index contributed by atoms with van der Waals surface area (Å²) in [6.07, 6.45) is 11.7. The molecule has 0 aliphatic rings. The minimum Gasteiger partial charge on any atom is -0.295 e. The molecule has 0 N–H and O–H groups in total. The summed E-state index contributed by atoms with van der Waals surface area (Å²) in [6, 6.07) is 0. The average molecular weight is 194 g/mol. The van der Waals surface area contributed by atoms with E-state index in [1.807, 2.05) is 6.08 Å². The first-order valence-corrected chi connectivity index (χ1v) is 5.58. The Balaban J connectivity index is 4.12. The monoisotopic (exact) mass is 194 g/mol. The first-order valence-electron chi connectivity index (χ1n) is 5.58. The SMILES string of the molecule is CCCC/C=C(/C=C/C(C)=O)CCC. The van der Waals surface area contributed by atoms with Gasteiger partial charge in [-0.3, -0.25) is 4.79 Å². The maximum absolute atomic E-state index is 10.8. The minimum absolute atomic E-state index is 0.127. The van der Waals surface area contributed by atoms with Gasteiger partial charge in [0.25, 0.3) is 0 Å². The van der Waals surface area contributed by atoms with Gasteiger partial charge in [-0.05, 0) is 25.8 Å². The molecule has 0 radical (unpaired) electrons. The summed E-state index contributed by atoms with van der Waals surface area (Å²) in [5, 5.41) is 0. The summed E-state index contributed by atoms with van der Waals surface area (Å²) in [4.78, 5) is 10.8. The Morgan fingerprint density at radius 1 is 1.14 bits per heavy atom. The first-order chi connectivity index (χ1) is 6.70. The molecule has 0 aromatic carbocycles. The predicted octanol–water partition coefficient (Wildman–Crippen LogP) is 4.05. The second-order valence-electron chi connectivity index (χ2n) is 3.62. The molecule has 0 rings (SSSR count). The molecular weight excluding hydrogens is 172 g/mol. The van der Waals surface area contributed by atoms with Crippen LogP contribution in [0.1, 0.15) is 52.9 Å². The smallest absolute Gasteiger partial charge is 0.152 e. The Labute approximate surface area is 87.9 Å². The van der Waals surface area contributed by atoms with Crippen molar-refractivity contribution in [3.8, 4) is 0 Å². The summed E-state index contributed by atoms with van der Waals surface area (Å²) in [5.41, 5.74) is 1.30. The lowest BCUT2D eigenvalue weighted by molar-refractivity contribution is -0.112. The van der Waals surface area contributed by atoms with Crippen LogP contribution in [0.15, 0.2) is 23.8 Å². The molecule has 80 valence electrons. The molecule has 0 amide bonds. The van der Waals surface area contributed by atoms with Gasteiger partial charge in [0, 0.05) is 0 Å². The van der Waals surface area contributed by atoms with Gasteiger partial charge in [0.1, 0.15) is 0 Å². The van der Waals surface area contributed by atoms with Crippen molar-refractivity contribution < 1.29 is 4.79 Å². The zero-order valence-electron chi connectivity index (χ0n) is 9.68. The number of carbonyl (C=O) groups is 1. The van der Waals surface area contributed by atoms with Gasteiger partial charge in [0.15, 0.2) is 5.78 Å². The molecule has 0 saturated carbocycles. The topological polar surface area (TPSA) is 17.1 Å². The van der Waals surface area contributed by atoms with Crippen molar-refractivity contribution in [1.29, 1.82) is 0 Å². The van der Waals surface area contributed by atoms with Crippen LogP contribution in [0.2, 0.25) is 0 Å². The van der Waals surface area contributed by atoms with E-state index in [1.165, 1.54) is 18.4 Å². The second-order valence-corrected chi connectivity index (χ2v) is 3.62. The molecule has 0 aromatic heterocycles. The van der Waals surface area contributed by atoms with E-state index < -0.39 is 0 Å². The zero-order chi connectivity index (χ0) is 10.8. The fraction of sp³-hybridized carbons (Fsp3) is 0.615. The lowest BCUT2D eigenvalue weighted by Gasteiger charge is -1.99. The van der Waals surface area contributed by atoms with Gasteiger partial charge in [-0.15, -0.1) is 0 Å². The third-order valence-corrected chi connectivity index (χ3v) is 2.03. The molecule has 0 bridgehead atoms. The fourth-order valence-corrected chi connectivity index (χ4v) is 1.26. The van der Waals surface area contributed by atoms with Crippen LogP contribution in [0.4, 0.5) is 0 Å². The maximum Gasteiger partial charge on any atom is 0.152 e. The van der Waals surface area contributed by atoms with Gasteiger partial charge in [-0.25, -0.2) is 0 Å². The molecule has 14 heavy (non-hydrogen) atoms. The van der Waals surface area contributed by atoms with Gasteiger partial charge in [0.2, 0.25) is 0 Å². The maximum atomic E-state index is 10.8. The normalized spacial score (nSPS) is 12.4. The molecule has 1 nitrogen and oxygen atoms in total. The average Bonchev–Trinajstić information content (AvgIpc) is 2.14. The summed E-state index contributed by atoms with van der Waals surface area (Å²) >= 11 is 0. The van der Waals surface area contributed by atoms with Gasteiger partial charge in [0.05, 0.1) is 0 Å². The number of carbonyl (C=O) groups excluding carboxylic acids is 1. The zero-order valence-corrected chi connectivity index (χ0v) is 9.68. The minimum atomic E-state index is 0.127. The van der Waals surface area contributed by atoms with Crippen molar-refractivity contribution in [2.75, 3.05) is 0 Å². The quantitative estimate of drug-likeness (QED) is 0.339. The van der Waals surface area contributed by atoms with Crippen molar-refractivity contribution in [1.82, 2.24) is 0 Å². The fourth-order valence-electron chi connectivity index (χ4n) is 1.26. The van der Waals surface area contributed by atoms with Crippen molar-refractivity contribution in [2.24, 2.45) is 0 Å². The number of hydrogen-bond donors (Lipinski definition) is 0. The van der Waals surface area contributed by atoms with Crippen LogP contribution in [-0.2, 0) is 4.79 Å². The number of ketones is 1. The second kappa shape index (κ2) is 8.74. The number of allylic oxidation sites excluding steroid dienone is 4. The van der Waals surface area contributed by atoms with Crippen LogP contribution in [-0.4, -0.2) is 5.78 Å². The van der Waals surface area contributed by atoms with E-state index in [-0.39, 0.29) is 5.78 Å². The first kappa shape index (κ1) is 13.2. The van der Waals surface area contributed by atoms with E-state index in [0.717, 1.165) is 19.3 Å². The molecule has 0 atom stereocenters. The molecule has 0 aromatic rings. The highest BCUT2D eigenvalue weighted by Crippen LogP contribution is 2.09. The van der Waals surface area contributed by atoms with Gasteiger partial charge in [-0.2, -0.15) is 0 Å². The molecule has 0 saturated heterocycles. The van der Waals surface area contributed by atoms with Crippen LogP contribution in [0.25, 0.3) is 0 Å². The van der Waals surface area contributed by atoms with Crippen molar-refractivity contribution in [3.05, 3.63) is 23.8 Å². The van der Waals surface area contributed by atoms with E-state index in [1.54, 1.807) is 13.0 Å². The molecule has 0 heterocycles. The lowest BCUT2D eigenvalue weighted by atomic mass is 10.1. The van der Waals surface area contributed by atoms with Crippen LogP contribution < -0.4 is 0 Å². The molecular formula is C13H22O. The van der Waals surface area contributed by atoms with Gasteiger partial charge in [-0.1, -0.05) is 50.8 Å². The van der Waals surface area contributed by atoms with Crippen LogP contribution in [0.5, 0.6) is 0 Å². The highest BCUT2D eigenvalue weighted by molar-refractivity contribution is 5.87. The third-order valence-electron chi connectivity index (χ3n) is 2.03. The van der Waals surface area contributed by atoms with E-state index in [4.69, 9.17) is 0 Å². The standard InChI is InChI=1S/C13H22O/c1-4-6-7-9-13(8-5-2)11-10-12(3)14/h9-11H,4-8H2,1-3H3/b11-10+,13-9+. The summed E-state index contributed by atoms with van der Waals surface area (Å²) in [7, 11) is 0. The predicted molar refractivity (Wildman–Crippen MR) is 62.3 cm³/mol. The molecule has 1 heteroatoms. The lowest BCUT2D eigenvalue weighted by Crippen LogP contribution is -1.84. The molecule has 0 aliphatic carbocycles. The van der Waals surface area contributed by atoms with Crippen LogP contribution in [0, 0.1) is 0 Å². The van der Waals surface area contributed by atoms with Gasteiger partial charge >= 0.3 is 0 Å². The van der Waals surface area contributed by atoms with Crippen LogP contribution >= 0.6 is 0 Å².